The predicted molar refractivity (Wildman–Crippen MR) is 105 cm³/mol. The van der Waals surface area contributed by atoms with Crippen LogP contribution in [0.3, 0.4) is 0 Å². The van der Waals surface area contributed by atoms with Crippen LogP contribution in [0.4, 0.5) is 0 Å². The lowest BCUT2D eigenvalue weighted by Gasteiger charge is -2.24. The molecule has 1 amide bonds. The number of aromatic amines is 1. The van der Waals surface area contributed by atoms with E-state index in [9.17, 15) is 9.59 Å². The van der Waals surface area contributed by atoms with Gasteiger partial charge in [-0.15, -0.1) is 0 Å². The normalized spacial score (nSPS) is 15.1. The Balaban J connectivity index is 1.64. The van der Waals surface area contributed by atoms with Gasteiger partial charge < -0.3 is 14.7 Å². The van der Waals surface area contributed by atoms with Crippen LogP contribution in [-0.4, -0.2) is 15.5 Å². The Bertz CT molecular complexity index is 1080. The summed E-state index contributed by atoms with van der Waals surface area (Å²) in [6, 6.07) is 8.78. The van der Waals surface area contributed by atoms with E-state index in [0.717, 1.165) is 25.7 Å². The van der Waals surface area contributed by atoms with Crippen LogP contribution >= 0.6 is 12.2 Å². The molecular weight excluding hydrogens is 362 g/mol. The van der Waals surface area contributed by atoms with E-state index in [4.69, 9.17) is 16.6 Å². The lowest BCUT2D eigenvalue weighted by molar-refractivity contribution is 0.0948. The molecule has 6 nitrogen and oxygen atoms in total. The average Bonchev–Trinajstić information content (AvgIpc) is 3.20. The van der Waals surface area contributed by atoms with Crippen LogP contribution in [0.5, 0.6) is 0 Å². The molecule has 1 aliphatic carbocycles. The van der Waals surface area contributed by atoms with Crippen molar-refractivity contribution in [3.05, 3.63) is 63.0 Å². The molecule has 3 aromatic rings. The molecule has 27 heavy (non-hydrogen) atoms. The zero-order chi connectivity index (χ0) is 18.8. The second kappa shape index (κ2) is 7.52. The molecule has 0 unspecified atom stereocenters. The highest BCUT2D eigenvalue weighted by Gasteiger charge is 2.19. The highest BCUT2D eigenvalue weighted by atomic mass is 32.1. The maximum absolute atomic E-state index is 13.0. The summed E-state index contributed by atoms with van der Waals surface area (Å²) in [5, 5.41) is 3.35. The third kappa shape index (κ3) is 3.60. The lowest BCUT2D eigenvalue weighted by Crippen LogP contribution is -2.28. The first-order valence-electron chi connectivity index (χ1n) is 9.22. The van der Waals surface area contributed by atoms with Gasteiger partial charge in [-0.2, -0.15) is 0 Å². The quantitative estimate of drug-likeness (QED) is 0.665. The van der Waals surface area contributed by atoms with E-state index in [1.165, 1.54) is 6.42 Å². The van der Waals surface area contributed by atoms with Crippen LogP contribution in [0.2, 0.25) is 0 Å². The van der Waals surface area contributed by atoms with E-state index in [-0.39, 0.29) is 17.5 Å². The third-order valence-electron chi connectivity index (χ3n) is 5.13. The molecule has 1 aliphatic rings. The first-order chi connectivity index (χ1) is 13.1. The summed E-state index contributed by atoms with van der Waals surface area (Å²) < 4.78 is 7.35. The molecule has 0 saturated heterocycles. The smallest absolute Gasteiger partial charge is 0.262 e. The van der Waals surface area contributed by atoms with Crippen molar-refractivity contribution < 1.29 is 9.21 Å². The van der Waals surface area contributed by atoms with Gasteiger partial charge >= 0.3 is 0 Å². The second-order valence-electron chi connectivity index (χ2n) is 6.92. The number of amides is 1. The van der Waals surface area contributed by atoms with Crippen LogP contribution in [-0.2, 0) is 6.54 Å². The maximum Gasteiger partial charge on any atom is 0.262 e. The molecule has 0 aliphatic heterocycles. The summed E-state index contributed by atoms with van der Waals surface area (Å²) in [5.41, 5.74) is 0.973. The summed E-state index contributed by atoms with van der Waals surface area (Å²) in [6.07, 6.45) is 6.99. The Morgan fingerprint density at radius 2 is 2.07 bits per heavy atom. The summed E-state index contributed by atoms with van der Waals surface area (Å²) >= 11 is 5.46. The number of hydrogen-bond acceptors (Lipinski definition) is 4. The fraction of sp³-hybridized carbons (Fsp3) is 0.350. The standard InChI is InChI=1S/C20H21N3O3S/c24-18(21-12-15-7-4-10-26-15)13-8-9-16-17(11-13)22-20(27)23(19(16)25)14-5-2-1-3-6-14/h4,7-11,14H,1-3,5-6,12H2,(H,21,24)(H,22,27). The molecule has 1 fully saturated rings. The van der Waals surface area contributed by atoms with Crippen molar-refractivity contribution in [1.29, 1.82) is 0 Å². The minimum absolute atomic E-state index is 0.0804. The first kappa shape index (κ1) is 17.7. The zero-order valence-electron chi connectivity index (χ0n) is 14.9. The molecule has 140 valence electrons. The molecular formula is C20H21N3O3S. The van der Waals surface area contributed by atoms with Crippen LogP contribution in [0, 0.1) is 4.77 Å². The number of fused-ring (bicyclic) bond motifs is 1. The van der Waals surface area contributed by atoms with Crippen LogP contribution in [0.1, 0.15) is 54.3 Å². The summed E-state index contributed by atoms with van der Waals surface area (Å²) in [4.78, 5) is 28.5. The van der Waals surface area contributed by atoms with E-state index >= 15 is 0 Å². The molecule has 0 spiro atoms. The Morgan fingerprint density at radius 3 is 2.81 bits per heavy atom. The highest BCUT2D eigenvalue weighted by Crippen LogP contribution is 2.27. The number of H-pyrrole nitrogens is 1. The number of carbonyl (C=O) groups is 1. The van der Waals surface area contributed by atoms with Gasteiger partial charge in [0.15, 0.2) is 4.77 Å². The minimum Gasteiger partial charge on any atom is -0.467 e. The van der Waals surface area contributed by atoms with Gasteiger partial charge in [-0.25, -0.2) is 0 Å². The summed E-state index contributed by atoms with van der Waals surface area (Å²) in [6.45, 7) is 0.309. The van der Waals surface area contributed by atoms with E-state index in [0.29, 0.717) is 33.5 Å². The van der Waals surface area contributed by atoms with E-state index in [1.54, 1.807) is 41.2 Å². The van der Waals surface area contributed by atoms with E-state index < -0.39 is 0 Å². The van der Waals surface area contributed by atoms with Gasteiger partial charge in [-0.05, 0) is 55.4 Å². The maximum atomic E-state index is 13.0. The van der Waals surface area contributed by atoms with Crippen LogP contribution in [0.25, 0.3) is 10.9 Å². The number of aromatic nitrogens is 2. The van der Waals surface area contributed by atoms with Crippen molar-refractivity contribution in [3.8, 4) is 0 Å². The Morgan fingerprint density at radius 1 is 1.26 bits per heavy atom. The number of rotatable bonds is 4. The molecule has 2 aromatic heterocycles. The molecule has 2 heterocycles. The van der Waals surface area contributed by atoms with Gasteiger partial charge in [0.2, 0.25) is 0 Å². The summed E-state index contributed by atoms with van der Waals surface area (Å²) in [7, 11) is 0. The van der Waals surface area contributed by atoms with Gasteiger partial charge in [-0.1, -0.05) is 19.3 Å². The fourth-order valence-electron chi connectivity index (χ4n) is 3.73. The largest absolute Gasteiger partial charge is 0.467 e. The third-order valence-corrected chi connectivity index (χ3v) is 5.43. The molecule has 0 atom stereocenters. The monoisotopic (exact) mass is 383 g/mol. The highest BCUT2D eigenvalue weighted by molar-refractivity contribution is 7.71. The van der Waals surface area contributed by atoms with Gasteiger partial charge in [0.05, 0.1) is 23.7 Å². The topological polar surface area (TPSA) is 80.0 Å². The van der Waals surface area contributed by atoms with Crippen LogP contribution < -0.4 is 10.9 Å². The second-order valence-corrected chi connectivity index (χ2v) is 7.31. The van der Waals surface area contributed by atoms with Crippen molar-refractivity contribution in [2.75, 3.05) is 0 Å². The minimum atomic E-state index is -0.232. The number of benzene rings is 1. The van der Waals surface area contributed by atoms with Crippen LogP contribution in [0.15, 0.2) is 45.8 Å². The van der Waals surface area contributed by atoms with Gasteiger partial charge in [0, 0.05) is 11.6 Å². The Labute approximate surface area is 161 Å². The predicted octanol–water partition coefficient (Wildman–Crippen LogP) is 4.09. The van der Waals surface area contributed by atoms with Gasteiger partial charge in [0.1, 0.15) is 5.76 Å². The molecule has 1 aromatic carbocycles. The number of nitrogens with zero attached hydrogens (tertiary/aromatic N) is 1. The average molecular weight is 383 g/mol. The molecule has 4 rings (SSSR count). The SMILES string of the molecule is O=C(NCc1ccco1)c1ccc2c(=O)n(C3CCCCC3)c(=S)[nH]c2c1. The van der Waals surface area contributed by atoms with Gasteiger partial charge in [0.25, 0.3) is 11.5 Å². The molecule has 0 bridgehead atoms. The summed E-state index contributed by atoms with van der Waals surface area (Å²) in [5.74, 6) is 0.447. The molecule has 1 saturated carbocycles. The van der Waals surface area contributed by atoms with Gasteiger partial charge in [-0.3, -0.25) is 14.2 Å². The number of furan rings is 1. The zero-order valence-corrected chi connectivity index (χ0v) is 15.7. The fourth-order valence-corrected chi connectivity index (χ4v) is 4.07. The van der Waals surface area contributed by atoms with Crippen molar-refractivity contribution in [1.82, 2.24) is 14.9 Å². The number of hydrogen-bond donors (Lipinski definition) is 2. The van der Waals surface area contributed by atoms with Crippen molar-refractivity contribution in [2.24, 2.45) is 0 Å². The van der Waals surface area contributed by atoms with Crippen molar-refractivity contribution in [2.45, 2.75) is 44.7 Å². The Kier molecular flexibility index (Phi) is 4.94. The molecule has 0 radical (unpaired) electrons. The van der Waals surface area contributed by atoms with E-state index in [2.05, 4.69) is 10.3 Å². The lowest BCUT2D eigenvalue weighted by atomic mass is 9.95. The molecule has 7 heteroatoms. The number of nitrogens with one attached hydrogen (secondary N) is 2. The van der Waals surface area contributed by atoms with Crippen molar-refractivity contribution in [3.63, 3.8) is 0 Å². The Hall–Kier alpha value is -2.67. The van der Waals surface area contributed by atoms with E-state index in [1.807, 2.05) is 0 Å². The van der Waals surface area contributed by atoms with Crippen molar-refractivity contribution >= 4 is 29.0 Å². The number of carbonyl (C=O) groups excluding carboxylic acids is 1. The first-order valence-corrected chi connectivity index (χ1v) is 9.63. The molecule has 2 N–H and O–H groups in total.